The van der Waals surface area contributed by atoms with Crippen molar-refractivity contribution in [2.24, 2.45) is 7.05 Å². The second kappa shape index (κ2) is 7.75. The van der Waals surface area contributed by atoms with Gasteiger partial charge < -0.3 is 19.1 Å². The maximum atomic E-state index is 10.2. The Morgan fingerprint density at radius 2 is 1.60 bits per heavy atom. The zero-order valence-electron chi connectivity index (χ0n) is 17.7. The number of phenols is 1. The molecule has 0 saturated heterocycles. The van der Waals surface area contributed by atoms with Gasteiger partial charge >= 0.3 is 0 Å². The normalized spacial score (nSPS) is 11.6. The molecule has 0 aliphatic carbocycles. The van der Waals surface area contributed by atoms with Gasteiger partial charge in [-0.25, -0.2) is 4.98 Å². The Kier molecular flexibility index (Phi) is 5.12. The lowest BCUT2D eigenvalue weighted by Crippen LogP contribution is -2.11. The van der Waals surface area contributed by atoms with Crippen LogP contribution in [0.3, 0.4) is 0 Å². The molecule has 0 fully saturated rings. The third-order valence-electron chi connectivity index (χ3n) is 5.07. The molecule has 4 aromatic rings. The summed E-state index contributed by atoms with van der Waals surface area (Å²) in [6, 6.07) is 20.9. The molecule has 1 heterocycles. The molecule has 0 spiro atoms. The van der Waals surface area contributed by atoms with Crippen LogP contribution in [-0.2, 0) is 19.1 Å². The summed E-state index contributed by atoms with van der Waals surface area (Å²) in [5, 5.41) is 10.2. The van der Waals surface area contributed by atoms with Crippen LogP contribution in [0.4, 0.5) is 0 Å². The van der Waals surface area contributed by atoms with Gasteiger partial charge in [-0.05, 0) is 47.9 Å². The summed E-state index contributed by atoms with van der Waals surface area (Å²) in [4.78, 5) is 4.68. The van der Waals surface area contributed by atoms with Crippen molar-refractivity contribution in [2.45, 2.75) is 32.8 Å². The van der Waals surface area contributed by atoms with E-state index in [1.807, 2.05) is 66.2 Å². The third kappa shape index (κ3) is 4.10. The number of hydrogen-bond donors (Lipinski definition) is 1. The van der Waals surface area contributed by atoms with Gasteiger partial charge in [0.2, 0.25) is 0 Å². The average Bonchev–Trinajstić information content (AvgIpc) is 3.03. The average molecular weight is 402 g/mol. The van der Waals surface area contributed by atoms with Crippen molar-refractivity contribution >= 4 is 11.0 Å². The molecule has 154 valence electrons. The molecule has 0 aliphatic rings. The molecule has 5 heteroatoms. The van der Waals surface area contributed by atoms with Crippen molar-refractivity contribution in [1.29, 1.82) is 0 Å². The fourth-order valence-corrected chi connectivity index (χ4v) is 3.39. The minimum Gasteiger partial charge on any atom is -0.508 e. The molecule has 1 N–H and O–H groups in total. The zero-order valence-corrected chi connectivity index (χ0v) is 17.7. The standard InChI is InChI=1S/C25H26N2O3/c1-25(2,3)20-14-18(11-13-23(20)28)30-19-10-12-21-22(15-19)27(4)24(26-21)16-29-17-8-6-5-7-9-17/h5-15,28H,16H2,1-4H3. The zero-order chi connectivity index (χ0) is 21.3. The number of aryl methyl sites for hydroxylation is 1. The Balaban J connectivity index is 1.57. The molecule has 4 rings (SSSR count). The SMILES string of the molecule is Cn1c(COc2ccccc2)nc2ccc(Oc3ccc(O)c(C(C)(C)C)c3)cc21. The van der Waals surface area contributed by atoms with Gasteiger partial charge in [0.1, 0.15) is 35.4 Å². The smallest absolute Gasteiger partial charge is 0.147 e. The van der Waals surface area contributed by atoms with Crippen molar-refractivity contribution in [1.82, 2.24) is 9.55 Å². The van der Waals surface area contributed by atoms with Crippen LogP contribution in [0.5, 0.6) is 23.0 Å². The van der Waals surface area contributed by atoms with Crippen molar-refractivity contribution in [3.63, 3.8) is 0 Å². The predicted octanol–water partition coefficient (Wildman–Crippen LogP) is 5.95. The van der Waals surface area contributed by atoms with E-state index in [9.17, 15) is 5.11 Å². The molecule has 0 radical (unpaired) electrons. The Hall–Kier alpha value is -3.47. The Bertz CT molecular complexity index is 1170. The fourth-order valence-electron chi connectivity index (χ4n) is 3.39. The van der Waals surface area contributed by atoms with Crippen molar-refractivity contribution in [3.8, 4) is 23.0 Å². The summed E-state index contributed by atoms with van der Waals surface area (Å²) in [5.41, 5.74) is 2.52. The summed E-state index contributed by atoms with van der Waals surface area (Å²) in [5.74, 6) is 3.33. The van der Waals surface area contributed by atoms with Crippen molar-refractivity contribution in [2.75, 3.05) is 0 Å². The van der Waals surface area contributed by atoms with E-state index in [1.54, 1.807) is 12.1 Å². The first-order valence-corrected chi connectivity index (χ1v) is 9.96. The van der Waals surface area contributed by atoms with Gasteiger partial charge in [-0.2, -0.15) is 0 Å². The lowest BCUT2D eigenvalue weighted by molar-refractivity contribution is 0.292. The number of aromatic hydroxyl groups is 1. The van der Waals surface area contributed by atoms with E-state index in [2.05, 4.69) is 25.8 Å². The van der Waals surface area contributed by atoms with Crippen LogP contribution < -0.4 is 9.47 Å². The highest BCUT2D eigenvalue weighted by atomic mass is 16.5. The molecule has 5 nitrogen and oxygen atoms in total. The van der Waals surface area contributed by atoms with Gasteiger partial charge in [0, 0.05) is 18.7 Å². The monoisotopic (exact) mass is 402 g/mol. The van der Waals surface area contributed by atoms with Crippen molar-refractivity contribution < 1.29 is 14.6 Å². The van der Waals surface area contributed by atoms with Crippen LogP contribution >= 0.6 is 0 Å². The highest BCUT2D eigenvalue weighted by Gasteiger charge is 2.19. The van der Waals surface area contributed by atoms with Crippen LogP contribution in [0.15, 0.2) is 66.7 Å². The second-order valence-corrected chi connectivity index (χ2v) is 8.37. The summed E-state index contributed by atoms with van der Waals surface area (Å²) in [7, 11) is 1.97. The van der Waals surface area contributed by atoms with E-state index in [-0.39, 0.29) is 11.2 Å². The highest BCUT2D eigenvalue weighted by Crippen LogP contribution is 2.35. The lowest BCUT2D eigenvalue weighted by atomic mass is 9.86. The van der Waals surface area contributed by atoms with Gasteiger partial charge in [-0.1, -0.05) is 39.0 Å². The number of imidazole rings is 1. The number of aromatic nitrogens is 2. The number of rotatable bonds is 5. The molecule has 0 unspecified atom stereocenters. The van der Waals surface area contributed by atoms with Gasteiger partial charge in [0.15, 0.2) is 0 Å². The number of phenolic OH excluding ortho intramolecular Hbond substituents is 1. The molecule has 0 bridgehead atoms. The maximum Gasteiger partial charge on any atom is 0.147 e. The fraction of sp³-hybridized carbons (Fsp3) is 0.240. The number of nitrogens with zero attached hydrogens (tertiary/aromatic N) is 2. The molecule has 0 atom stereocenters. The molecule has 3 aromatic carbocycles. The molecule has 0 amide bonds. The van der Waals surface area contributed by atoms with E-state index in [4.69, 9.17) is 9.47 Å². The predicted molar refractivity (Wildman–Crippen MR) is 118 cm³/mol. The number of para-hydroxylation sites is 1. The minimum absolute atomic E-state index is 0.177. The van der Waals surface area contributed by atoms with Crippen LogP contribution in [0.2, 0.25) is 0 Å². The summed E-state index contributed by atoms with van der Waals surface area (Å²) < 4.78 is 14.0. The lowest BCUT2D eigenvalue weighted by Gasteiger charge is -2.21. The van der Waals surface area contributed by atoms with E-state index >= 15 is 0 Å². The quantitative estimate of drug-likeness (QED) is 0.448. The molecular formula is C25H26N2O3. The van der Waals surface area contributed by atoms with Crippen LogP contribution in [-0.4, -0.2) is 14.7 Å². The number of hydrogen-bond acceptors (Lipinski definition) is 4. The summed E-state index contributed by atoms with van der Waals surface area (Å²) in [6.07, 6.45) is 0. The molecule has 0 saturated carbocycles. The van der Waals surface area contributed by atoms with E-state index in [1.165, 1.54) is 0 Å². The van der Waals surface area contributed by atoms with E-state index in [0.29, 0.717) is 18.1 Å². The molecule has 1 aromatic heterocycles. The first kappa shape index (κ1) is 19.8. The van der Waals surface area contributed by atoms with Crippen LogP contribution in [0.1, 0.15) is 32.2 Å². The molecule has 0 aliphatic heterocycles. The Morgan fingerprint density at radius 3 is 2.33 bits per heavy atom. The van der Waals surface area contributed by atoms with Gasteiger partial charge in [0.05, 0.1) is 11.0 Å². The first-order chi connectivity index (χ1) is 14.3. The van der Waals surface area contributed by atoms with Crippen molar-refractivity contribution in [3.05, 3.63) is 78.1 Å². The second-order valence-electron chi connectivity index (χ2n) is 8.37. The van der Waals surface area contributed by atoms with Gasteiger partial charge in [-0.3, -0.25) is 0 Å². The number of benzene rings is 3. The van der Waals surface area contributed by atoms with Gasteiger partial charge in [-0.15, -0.1) is 0 Å². The third-order valence-corrected chi connectivity index (χ3v) is 5.07. The number of fused-ring (bicyclic) bond motifs is 1. The Labute approximate surface area is 176 Å². The van der Waals surface area contributed by atoms with E-state index in [0.717, 1.165) is 28.2 Å². The van der Waals surface area contributed by atoms with Gasteiger partial charge in [0.25, 0.3) is 0 Å². The molecule has 30 heavy (non-hydrogen) atoms. The topological polar surface area (TPSA) is 56.5 Å². The van der Waals surface area contributed by atoms with E-state index < -0.39 is 0 Å². The largest absolute Gasteiger partial charge is 0.508 e. The minimum atomic E-state index is -0.177. The maximum absolute atomic E-state index is 10.2. The Morgan fingerprint density at radius 1 is 0.900 bits per heavy atom. The summed E-state index contributed by atoms with van der Waals surface area (Å²) >= 11 is 0. The molecular weight excluding hydrogens is 376 g/mol. The van der Waals surface area contributed by atoms with Crippen LogP contribution in [0, 0.1) is 0 Å². The number of ether oxygens (including phenoxy) is 2. The highest BCUT2D eigenvalue weighted by molar-refractivity contribution is 5.77. The summed E-state index contributed by atoms with van der Waals surface area (Å²) in [6.45, 7) is 6.57. The van der Waals surface area contributed by atoms with Crippen LogP contribution in [0.25, 0.3) is 11.0 Å². The first-order valence-electron chi connectivity index (χ1n) is 9.96.